The van der Waals surface area contributed by atoms with Gasteiger partial charge < -0.3 is 9.79 Å². The molecule has 0 fully saturated rings. The summed E-state index contributed by atoms with van der Waals surface area (Å²) in [6, 6.07) is 10.5. The summed E-state index contributed by atoms with van der Waals surface area (Å²) in [6.07, 6.45) is 0.277. The van der Waals surface area contributed by atoms with Gasteiger partial charge in [-0.05, 0) is 68.4 Å². The molecule has 4 nitrogen and oxygen atoms in total. The van der Waals surface area contributed by atoms with E-state index in [-0.39, 0.29) is 16.7 Å². The van der Waals surface area contributed by atoms with E-state index >= 15 is 8.78 Å². The van der Waals surface area contributed by atoms with Crippen LogP contribution < -0.4 is 0 Å². The Morgan fingerprint density at radius 1 is 1.00 bits per heavy atom. The molecule has 0 spiro atoms. The topological polar surface area (TPSA) is 74.6 Å². The highest BCUT2D eigenvalue weighted by atomic mass is 79.9. The normalized spacial score (nSPS) is 14.3. The van der Waals surface area contributed by atoms with Gasteiger partial charge in [0.15, 0.2) is 0 Å². The summed E-state index contributed by atoms with van der Waals surface area (Å²) < 4.78 is 41.7. The largest absolute Gasteiger partial charge is 0.399 e. The van der Waals surface area contributed by atoms with Gasteiger partial charge in [-0.15, -0.1) is 0 Å². The summed E-state index contributed by atoms with van der Waals surface area (Å²) >= 11 is 3.27. The average molecular weight is 545 g/mol. The number of benzene rings is 2. The Hall–Kier alpha value is -1.40. The first kappa shape index (κ1) is 27.8. The van der Waals surface area contributed by atoms with Crippen LogP contribution in [0.1, 0.15) is 82.2 Å². The molecule has 2 N–H and O–H groups in total. The number of halogens is 3. The highest BCUT2D eigenvalue weighted by Crippen LogP contribution is 2.62. The predicted molar refractivity (Wildman–Crippen MR) is 131 cm³/mol. The van der Waals surface area contributed by atoms with E-state index < -0.39 is 35.6 Å². The molecule has 1 unspecified atom stereocenters. The second-order valence-electron chi connectivity index (χ2n) is 10.5. The van der Waals surface area contributed by atoms with Gasteiger partial charge in [0, 0.05) is 16.0 Å². The molecule has 0 aromatic heterocycles. The standard InChI is InChI=1S/C25H32BrF2O4P/c1-15(29)17(16-11-9-8-10-12-16)13-18-19(23(2,3)4)14-20(25(27,28)33(30,31)32)22(26)21(18)24(5,6)7/h8-12,14,17H,13H2,1-7H3,(H2,30,31,32). The Bertz CT molecular complexity index is 1080. The number of hydrogen-bond acceptors (Lipinski definition) is 2. The summed E-state index contributed by atoms with van der Waals surface area (Å²) in [4.78, 5) is 31.6. The predicted octanol–water partition coefficient (Wildman–Crippen LogP) is 7.19. The summed E-state index contributed by atoms with van der Waals surface area (Å²) in [5.41, 5.74) is -3.80. The number of rotatable bonds is 6. The van der Waals surface area contributed by atoms with Gasteiger partial charge in [-0.3, -0.25) is 9.36 Å². The molecular formula is C25H32BrF2O4P. The highest BCUT2D eigenvalue weighted by Gasteiger charge is 2.53. The third-order valence-electron chi connectivity index (χ3n) is 5.72. The zero-order valence-electron chi connectivity index (χ0n) is 20.0. The number of alkyl halides is 2. The third-order valence-corrected chi connectivity index (χ3v) is 7.52. The zero-order chi connectivity index (χ0) is 25.6. The Balaban J connectivity index is 2.97. The Kier molecular flexibility index (Phi) is 7.87. The third kappa shape index (κ3) is 5.82. The van der Waals surface area contributed by atoms with Gasteiger partial charge in [0.2, 0.25) is 0 Å². The second-order valence-corrected chi connectivity index (χ2v) is 12.9. The summed E-state index contributed by atoms with van der Waals surface area (Å²) in [5.74, 6) is -0.546. The van der Waals surface area contributed by atoms with Crippen molar-refractivity contribution < 1.29 is 27.9 Å². The summed E-state index contributed by atoms with van der Waals surface area (Å²) in [5, 5.41) is 0. The molecule has 2 aromatic carbocycles. The Morgan fingerprint density at radius 3 is 1.91 bits per heavy atom. The fraction of sp³-hybridized carbons (Fsp3) is 0.480. The highest BCUT2D eigenvalue weighted by molar-refractivity contribution is 9.10. The van der Waals surface area contributed by atoms with Crippen LogP contribution in [-0.4, -0.2) is 15.6 Å². The molecule has 0 saturated heterocycles. The lowest BCUT2D eigenvalue weighted by molar-refractivity contribution is -0.118. The maximum atomic E-state index is 15.0. The number of carbonyl (C=O) groups is 1. The first-order chi connectivity index (χ1) is 14.8. The van der Waals surface area contributed by atoms with Gasteiger partial charge in [-0.2, -0.15) is 8.78 Å². The van der Waals surface area contributed by atoms with Crippen LogP contribution in [0.5, 0.6) is 0 Å². The monoisotopic (exact) mass is 544 g/mol. The lowest BCUT2D eigenvalue weighted by Gasteiger charge is -2.35. The number of ketones is 1. The minimum absolute atomic E-state index is 0.0401. The van der Waals surface area contributed by atoms with Gasteiger partial charge in [0.1, 0.15) is 5.78 Å². The molecule has 0 aliphatic heterocycles. The van der Waals surface area contributed by atoms with Crippen molar-refractivity contribution in [2.45, 2.75) is 77.3 Å². The van der Waals surface area contributed by atoms with Crippen LogP contribution in [0.4, 0.5) is 8.78 Å². The van der Waals surface area contributed by atoms with E-state index in [0.29, 0.717) is 11.1 Å². The van der Waals surface area contributed by atoms with Crippen LogP contribution in [0.3, 0.4) is 0 Å². The number of Topliss-reactive ketones (excluding diaryl/α,β-unsaturated/α-hetero) is 1. The first-order valence-electron chi connectivity index (χ1n) is 10.7. The first-order valence-corrected chi connectivity index (χ1v) is 13.1. The summed E-state index contributed by atoms with van der Waals surface area (Å²) in [6.45, 7) is 12.6. The van der Waals surface area contributed by atoms with Gasteiger partial charge in [-0.25, -0.2) is 0 Å². The van der Waals surface area contributed by atoms with E-state index in [2.05, 4.69) is 15.9 Å². The lowest BCUT2D eigenvalue weighted by atomic mass is 9.72. The van der Waals surface area contributed by atoms with Crippen molar-refractivity contribution in [3.05, 3.63) is 68.7 Å². The van der Waals surface area contributed by atoms with E-state index in [1.54, 1.807) is 0 Å². The van der Waals surface area contributed by atoms with Crippen LogP contribution in [-0.2, 0) is 32.3 Å². The van der Waals surface area contributed by atoms with Gasteiger partial charge in [0.25, 0.3) is 0 Å². The molecule has 0 aliphatic rings. The molecule has 8 heteroatoms. The quantitative estimate of drug-likeness (QED) is 0.377. The van der Waals surface area contributed by atoms with Crippen molar-refractivity contribution >= 4 is 29.3 Å². The number of hydrogen-bond donors (Lipinski definition) is 2. The van der Waals surface area contributed by atoms with Crippen LogP contribution >= 0.6 is 23.5 Å². The minimum Gasteiger partial charge on any atom is -0.320 e. The Morgan fingerprint density at radius 2 is 1.52 bits per heavy atom. The minimum atomic E-state index is -5.79. The second kappa shape index (κ2) is 9.33. The fourth-order valence-electron chi connectivity index (χ4n) is 4.12. The van der Waals surface area contributed by atoms with Crippen LogP contribution in [0, 0.1) is 0 Å². The van der Waals surface area contributed by atoms with E-state index in [9.17, 15) is 19.1 Å². The molecule has 0 heterocycles. The molecule has 2 aromatic rings. The van der Waals surface area contributed by atoms with Crippen molar-refractivity contribution in [1.29, 1.82) is 0 Å². The fourth-order valence-corrected chi connectivity index (χ4v) is 5.96. The van der Waals surface area contributed by atoms with Gasteiger partial charge in [0.05, 0.1) is 0 Å². The van der Waals surface area contributed by atoms with Crippen molar-refractivity contribution in [3.8, 4) is 0 Å². The van der Waals surface area contributed by atoms with E-state index in [1.165, 1.54) is 13.0 Å². The van der Waals surface area contributed by atoms with Crippen molar-refractivity contribution in [2.24, 2.45) is 0 Å². The molecule has 182 valence electrons. The van der Waals surface area contributed by atoms with Crippen molar-refractivity contribution in [2.75, 3.05) is 0 Å². The molecule has 2 rings (SSSR count). The molecule has 33 heavy (non-hydrogen) atoms. The van der Waals surface area contributed by atoms with Crippen LogP contribution in [0.25, 0.3) is 0 Å². The van der Waals surface area contributed by atoms with E-state index in [0.717, 1.165) is 11.1 Å². The maximum absolute atomic E-state index is 15.0. The molecule has 0 aliphatic carbocycles. The lowest BCUT2D eigenvalue weighted by Crippen LogP contribution is -2.27. The van der Waals surface area contributed by atoms with E-state index in [1.807, 2.05) is 71.9 Å². The molecular weight excluding hydrogens is 513 g/mol. The molecule has 0 radical (unpaired) electrons. The average Bonchev–Trinajstić information content (AvgIpc) is 2.63. The smallest absolute Gasteiger partial charge is 0.320 e. The Labute approximate surface area is 203 Å². The molecule has 0 bridgehead atoms. The van der Waals surface area contributed by atoms with Crippen molar-refractivity contribution in [3.63, 3.8) is 0 Å². The van der Waals surface area contributed by atoms with Crippen LogP contribution in [0.15, 0.2) is 40.9 Å². The zero-order valence-corrected chi connectivity index (χ0v) is 22.5. The maximum Gasteiger partial charge on any atom is 0.399 e. The summed E-state index contributed by atoms with van der Waals surface area (Å²) in [7, 11) is -5.79. The van der Waals surface area contributed by atoms with Gasteiger partial charge >= 0.3 is 13.3 Å². The molecule has 0 amide bonds. The van der Waals surface area contributed by atoms with Crippen molar-refractivity contribution in [1.82, 2.24) is 0 Å². The van der Waals surface area contributed by atoms with E-state index in [4.69, 9.17) is 0 Å². The number of carbonyl (C=O) groups excluding carboxylic acids is 1. The van der Waals surface area contributed by atoms with Crippen LogP contribution in [0.2, 0.25) is 0 Å². The van der Waals surface area contributed by atoms with Gasteiger partial charge in [-0.1, -0.05) is 71.9 Å². The molecule has 0 saturated carbocycles. The SMILES string of the molecule is CC(=O)C(Cc1c(C(C)(C)C)cc(C(F)(F)P(=O)(O)O)c(Br)c1C(C)(C)C)c1ccccc1. The molecule has 1 atom stereocenters.